The van der Waals surface area contributed by atoms with Crippen LogP contribution in [0.25, 0.3) is 0 Å². The normalized spacial score (nSPS) is 18.1. The molecule has 0 bridgehead atoms. The molecule has 0 radical (unpaired) electrons. The summed E-state index contributed by atoms with van der Waals surface area (Å²) in [4.78, 5) is 38.5. The van der Waals surface area contributed by atoms with E-state index in [9.17, 15) is 14.4 Å². The number of carboxylic acids is 1. The molecule has 1 fully saturated rings. The lowest BCUT2D eigenvalue weighted by Gasteiger charge is -2.28. The van der Waals surface area contributed by atoms with Crippen molar-refractivity contribution in [3.8, 4) is 0 Å². The summed E-state index contributed by atoms with van der Waals surface area (Å²) in [7, 11) is 0. The lowest BCUT2D eigenvalue weighted by molar-refractivity contribution is -0.145. The minimum absolute atomic E-state index is 0.128. The van der Waals surface area contributed by atoms with Crippen molar-refractivity contribution in [1.82, 2.24) is 20.0 Å². The van der Waals surface area contributed by atoms with E-state index in [0.717, 1.165) is 12.1 Å². The Bertz CT molecular complexity index is 640. The average Bonchev–Trinajstić information content (AvgIpc) is 2.91. The summed E-state index contributed by atoms with van der Waals surface area (Å²) in [6, 6.07) is 1.62. The Hall–Kier alpha value is -2.38. The number of rotatable bonds is 5. The van der Waals surface area contributed by atoms with E-state index in [1.165, 1.54) is 11.8 Å². The zero-order valence-electron chi connectivity index (χ0n) is 15.0. The number of amides is 2. The second kappa shape index (κ2) is 8.13. The highest BCUT2D eigenvalue weighted by Gasteiger charge is 2.28. The monoisotopic (exact) mass is 350 g/mol. The van der Waals surface area contributed by atoms with Gasteiger partial charge in [0.1, 0.15) is 12.2 Å². The first-order valence-corrected chi connectivity index (χ1v) is 8.63. The first-order chi connectivity index (χ1) is 11.8. The van der Waals surface area contributed by atoms with E-state index >= 15 is 0 Å². The van der Waals surface area contributed by atoms with E-state index in [1.807, 2.05) is 13.8 Å². The number of aliphatic carboxylic acids is 1. The highest BCUT2D eigenvalue weighted by Crippen LogP contribution is 2.19. The minimum atomic E-state index is -1.02. The number of carboxylic acid groups (broad SMARTS) is 1. The van der Waals surface area contributed by atoms with Gasteiger partial charge in [0.15, 0.2) is 0 Å². The molecule has 0 spiro atoms. The van der Waals surface area contributed by atoms with Crippen LogP contribution in [-0.2, 0) is 9.59 Å². The molecule has 2 N–H and O–H groups in total. The minimum Gasteiger partial charge on any atom is -0.480 e. The smallest absolute Gasteiger partial charge is 0.323 e. The molecule has 1 aliphatic heterocycles. The van der Waals surface area contributed by atoms with Crippen LogP contribution < -0.4 is 0 Å². The Kier molecular flexibility index (Phi) is 6.17. The molecule has 1 atom stereocenters. The van der Waals surface area contributed by atoms with Crippen molar-refractivity contribution in [2.45, 2.75) is 52.0 Å². The number of carbonyl (C=O) groups is 3. The van der Waals surface area contributed by atoms with Crippen LogP contribution in [0.3, 0.4) is 0 Å². The number of likely N-dealkylation sites (tertiary alicyclic amines) is 1. The summed E-state index contributed by atoms with van der Waals surface area (Å²) in [5, 5.41) is 16.0. The van der Waals surface area contributed by atoms with Gasteiger partial charge in [0, 0.05) is 31.7 Å². The van der Waals surface area contributed by atoms with Crippen molar-refractivity contribution >= 4 is 17.8 Å². The molecule has 8 nitrogen and oxygen atoms in total. The highest BCUT2D eigenvalue weighted by atomic mass is 16.4. The number of hydrogen-bond acceptors (Lipinski definition) is 4. The average molecular weight is 350 g/mol. The van der Waals surface area contributed by atoms with Gasteiger partial charge in [-0.1, -0.05) is 13.8 Å². The van der Waals surface area contributed by atoms with Gasteiger partial charge >= 0.3 is 5.97 Å². The second-order valence-electron chi connectivity index (χ2n) is 6.78. The van der Waals surface area contributed by atoms with E-state index < -0.39 is 5.97 Å². The van der Waals surface area contributed by atoms with Crippen LogP contribution >= 0.6 is 0 Å². The Morgan fingerprint density at radius 2 is 2.08 bits per heavy atom. The molecule has 1 aliphatic rings. The van der Waals surface area contributed by atoms with E-state index in [2.05, 4.69) is 10.2 Å². The van der Waals surface area contributed by atoms with Crippen molar-refractivity contribution in [2.75, 3.05) is 19.6 Å². The molecule has 1 unspecified atom stereocenters. The zero-order valence-corrected chi connectivity index (χ0v) is 15.0. The van der Waals surface area contributed by atoms with Gasteiger partial charge in [0.2, 0.25) is 5.91 Å². The molecule has 2 rings (SSSR count). The maximum absolute atomic E-state index is 12.6. The summed E-state index contributed by atoms with van der Waals surface area (Å²) < 4.78 is 0. The fourth-order valence-corrected chi connectivity index (χ4v) is 3.14. The summed E-state index contributed by atoms with van der Waals surface area (Å²) >= 11 is 0. The van der Waals surface area contributed by atoms with Gasteiger partial charge in [-0.2, -0.15) is 5.10 Å². The third kappa shape index (κ3) is 4.80. The van der Waals surface area contributed by atoms with Crippen LogP contribution in [0, 0.1) is 0 Å². The number of nitrogens with one attached hydrogen (secondary N) is 1. The molecule has 0 aliphatic carbocycles. The third-order valence-corrected chi connectivity index (χ3v) is 4.57. The Morgan fingerprint density at radius 1 is 1.36 bits per heavy atom. The molecule has 2 heterocycles. The largest absolute Gasteiger partial charge is 0.480 e. The second-order valence-corrected chi connectivity index (χ2v) is 6.78. The topological polar surface area (TPSA) is 107 Å². The zero-order chi connectivity index (χ0) is 18.6. The van der Waals surface area contributed by atoms with Gasteiger partial charge in [0.05, 0.1) is 0 Å². The Balaban J connectivity index is 2.03. The van der Waals surface area contributed by atoms with Crippen molar-refractivity contribution in [2.24, 2.45) is 0 Å². The van der Waals surface area contributed by atoms with Gasteiger partial charge < -0.3 is 14.9 Å². The number of nitrogens with zero attached hydrogens (tertiary/aromatic N) is 3. The Morgan fingerprint density at radius 3 is 2.64 bits per heavy atom. The predicted molar refractivity (Wildman–Crippen MR) is 91.2 cm³/mol. The van der Waals surface area contributed by atoms with Gasteiger partial charge in [-0.15, -0.1) is 0 Å². The van der Waals surface area contributed by atoms with Crippen LogP contribution in [0.1, 0.15) is 62.1 Å². The fourth-order valence-electron chi connectivity index (χ4n) is 3.14. The van der Waals surface area contributed by atoms with E-state index in [0.29, 0.717) is 31.6 Å². The fraction of sp³-hybridized carbons (Fsp3) is 0.647. The molecule has 0 aromatic carbocycles. The summed E-state index contributed by atoms with van der Waals surface area (Å²) in [5.41, 5.74) is 1.32. The van der Waals surface area contributed by atoms with E-state index in [1.54, 1.807) is 11.0 Å². The van der Waals surface area contributed by atoms with Crippen LogP contribution in [-0.4, -0.2) is 68.6 Å². The highest BCUT2D eigenvalue weighted by molar-refractivity contribution is 5.92. The van der Waals surface area contributed by atoms with Crippen LogP contribution in [0.15, 0.2) is 6.07 Å². The molecule has 25 heavy (non-hydrogen) atoms. The van der Waals surface area contributed by atoms with Crippen LogP contribution in [0.2, 0.25) is 0 Å². The van der Waals surface area contributed by atoms with Gasteiger partial charge in [0.25, 0.3) is 5.91 Å². The van der Waals surface area contributed by atoms with Gasteiger partial charge in [-0.3, -0.25) is 19.5 Å². The lowest BCUT2D eigenvalue weighted by Crippen LogP contribution is -2.43. The third-order valence-electron chi connectivity index (χ3n) is 4.57. The van der Waals surface area contributed by atoms with E-state index in [-0.39, 0.29) is 30.3 Å². The molecule has 1 saturated heterocycles. The SMILES string of the molecule is CC(=O)N(CC(=O)O)C1CCCN(C(=O)c2cc(C(C)C)[nH]n2)CC1. The van der Waals surface area contributed by atoms with Gasteiger partial charge in [-0.05, 0) is 31.2 Å². The summed E-state index contributed by atoms with van der Waals surface area (Å²) in [6.07, 6.45) is 1.98. The van der Waals surface area contributed by atoms with Crippen molar-refractivity contribution in [3.63, 3.8) is 0 Å². The molecular formula is C17H26N4O4. The number of hydrogen-bond donors (Lipinski definition) is 2. The maximum Gasteiger partial charge on any atom is 0.323 e. The van der Waals surface area contributed by atoms with Crippen molar-refractivity contribution < 1.29 is 19.5 Å². The van der Waals surface area contributed by atoms with Crippen molar-refractivity contribution in [1.29, 1.82) is 0 Å². The first-order valence-electron chi connectivity index (χ1n) is 8.63. The molecule has 1 aromatic heterocycles. The van der Waals surface area contributed by atoms with Crippen molar-refractivity contribution in [3.05, 3.63) is 17.5 Å². The first kappa shape index (κ1) is 19.0. The maximum atomic E-state index is 12.6. The number of aromatic nitrogens is 2. The summed E-state index contributed by atoms with van der Waals surface area (Å²) in [6.45, 7) is 6.20. The standard InChI is InChI=1S/C17H26N4O4/c1-11(2)14-9-15(19-18-14)17(25)20-7-4-5-13(6-8-20)21(12(3)22)10-16(23)24/h9,11,13H,4-8,10H2,1-3H3,(H,18,19)(H,23,24). The molecular weight excluding hydrogens is 324 g/mol. The Labute approximate surface area is 147 Å². The quantitative estimate of drug-likeness (QED) is 0.836. The van der Waals surface area contributed by atoms with E-state index in [4.69, 9.17) is 5.11 Å². The lowest BCUT2D eigenvalue weighted by atomic mass is 10.1. The predicted octanol–water partition coefficient (Wildman–Crippen LogP) is 1.46. The van der Waals surface area contributed by atoms with Gasteiger partial charge in [-0.25, -0.2) is 0 Å². The van der Waals surface area contributed by atoms with Crippen LogP contribution in [0.4, 0.5) is 0 Å². The number of aromatic amines is 1. The molecule has 1 aromatic rings. The molecule has 2 amide bonds. The molecule has 138 valence electrons. The molecule has 8 heteroatoms. The van der Waals surface area contributed by atoms with Crippen LogP contribution in [0.5, 0.6) is 0 Å². The number of H-pyrrole nitrogens is 1. The number of carbonyl (C=O) groups excluding carboxylic acids is 2. The molecule has 0 saturated carbocycles. The summed E-state index contributed by atoms with van der Waals surface area (Å²) in [5.74, 6) is -1.13.